The van der Waals surface area contributed by atoms with Crippen LogP contribution in [0.4, 0.5) is 5.69 Å². The minimum Gasteiger partial charge on any atom is -0.353 e. The molecule has 1 aromatic heterocycles. The molecule has 7 heteroatoms. The predicted octanol–water partition coefficient (Wildman–Crippen LogP) is 3.28. The van der Waals surface area contributed by atoms with Crippen LogP contribution in [0, 0.1) is 10.1 Å². The van der Waals surface area contributed by atoms with Crippen molar-refractivity contribution in [2.75, 3.05) is 19.6 Å². The Morgan fingerprint density at radius 3 is 2.56 bits per heavy atom. The smallest absolute Gasteiger partial charge is 0.270 e. The number of hydrogen-bond donors (Lipinski definition) is 1. The van der Waals surface area contributed by atoms with Crippen LogP contribution in [0.1, 0.15) is 47.8 Å². The van der Waals surface area contributed by atoms with Gasteiger partial charge in [-0.3, -0.25) is 19.8 Å². The molecule has 3 rings (SSSR count). The summed E-state index contributed by atoms with van der Waals surface area (Å²) in [4.78, 5) is 25.5. The normalized spacial score (nSPS) is 16.5. The van der Waals surface area contributed by atoms with E-state index >= 15 is 0 Å². The Balaban J connectivity index is 1.74. The van der Waals surface area contributed by atoms with Gasteiger partial charge >= 0.3 is 0 Å². The maximum atomic E-state index is 12.6. The van der Waals surface area contributed by atoms with E-state index in [1.54, 1.807) is 6.07 Å². The molecule has 2 aromatic rings. The molecule has 1 atom stereocenters. The fourth-order valence-electron chi connectivity index (χ4n) is 3.70. The van der Waals surface area contributed by atoms with Crippen molar-refractivity contribution in [1.82, 2.24) is 14.8 Å². The van der Waals surface area contributed by atoms with Crippen molar-refractivity contribution in [3.63, 3.8) is 0 Å². The van der Waals surface area contributed by atoms with Crippen LogP contribution in [0.25, 0.3) is 0 Å². The number of aromatic nitrogens is 1. The van der Waals surface area contributed by atoms with Crippen molar-refractivity contribution in [2.45, 2.75) is 31.7 Å². The number of aryl methyl sites for hydroxylation is 1. The number of rotatable bonds is 6. The lowest BCUT2D eigenvalue weighted by Crippen LogP contribution is -2.39. The van der Waals surface area contributed by atoms with E-state index in [-0.39, 0.29) is 17.6 Å². The average molecular weight is 370 g/mol. The molecule has 1 aliphatic heterocycles. The number of nitro groups is 1. The number of nitro benzene ring substituents is 1. The summed E-state index contributed by atoms with van der Waals surface area (Å²) in [6.07, 6.45) is 6.84. The summed E-state index contributed by atoms with van der Waals surface area (Å²) in [5.74, 6) is -0.285. The lowest BCUT2D eigenvalue weighted by molar-refractivity contribution is -0.384. The van der Waals surface area contributed by atoms with Crippen LogP contribution in [-0.4, -0.2) is 39.9 Å². The second-order valence-electron chi connectivity index (χ2n) is 7.03. The molecule has 1 N–H and O–H groups in total. The first-order valence-electron chi connectivity index (χ1n) is 9.44. The molecule has 27 heavy (non-hydrogen) atoms. The monoisotopic (exact) mass is 370 g/mol. The van der Waals surface area contributed by atoms with Gasteiger partial charge in [0.2, 0.25) is 0 Å². The van der Waals surface area contributed by atoms with Gasteiger partial charge in [0.05, 0.1) is 11.0 Å². The minimum atomic E-state index is -0.485. The molecule has 0 saturated carbocycles. The van der Waals surface area contributed by atoms with Crippen molar-refractivity contribution >= 4 is 11.6 Å². The fourth-order valence-corrected chi connectivity index (χ4v) is 3.70. The molecule has 0 spiro atoms. The Hall–Kier alpha value is -2.67. The Kier molecular flexibility index (Phi) is 6.24. The van der Waals surface area contributed by atoms with E-state index < -0.39 is 4.92 Å². The predicted molar refractivity (Wildman–Crippen MR) is 104 cm³/mol. The zero-order valence-electron chi connectivity index (χ0n) is 15.6. The minimum absolute atomic E-state index is 0.0749. The van der Waals surface area contributed by atoms with Crippen molar-refractivity contribution in [2.24, 2.45) is 7.05 Å². The van der Waals surface area contributed by atoms with E-state index in [4.69, 9.17) is 0 Å². The van der Waals surface area contributed by atoms with E-state index in [1.807, 2.05) is 19.3 Å². The number of hydrogen-bond acceptors (Lipinski definition) is 4. The third-order valence-electron chi connectivity index (χ3n) is 5.18. The zero-order valence-corrected chi connectivity index (χ0v) is 15.6. The van der Waals surface area contributed by atoms with Gasteiger partial charge in [-0.1, -0.05) is 18.9 Å². The zero-order chi connectivity index (χ0) is 19.2. The maximum absolute atomic E-state index is 12.6. The van der Waals surface area contributed by atoms with E-state index in [9.17, 15) is 14.9 Å². The van der Waals surface area contributed by atoms with Crippen LogP contribution in [0.3, 0.4) is 0 Å². The lowest BCUT2D eigenvalue weighted by Gasteiger charge is -2.31. The van der Waals surface area contributed by atoms with Gasteiger partial charge in [-0.2, -0.15) is 0 Å². The summed E-state index contributed by atoms with van der Waals surface area (Å²) >= 11 is 0. The third-order valence-corrected chi connectivity index (χ3v) is 5.18. The van der Waals surface area contributed by atoms with Gasteiger partial charge in [0, 0.05) is 43.2 Å². The largest absolute Gasteiger partial charge is 0.353 e. The topological polar surface area (TPSA) is 80.4 Å². The highest BCUT2D eigenvalue weighted by Gasteiger charge is 2.24. The summed E-state index contributed by atoms with van der Waals surface area (Å²) in [6.45, 7) is 2.50. The molecule has 0 aliphatic carbocycles. The maximum Gasteiger partial charge on any atom is 0.270 e. The third kappa shape index (κ3) is 4.74. The highest BCUT2D eigenvalue weighted by Crippen LogP contribution is 2.24. The number of non-ortho nitro benzene ring substituents is 1. The van der Waals surface area contributed by atoms with E-state index in [1.165, 1.54) is 43.9 Å². The summed E-state index contributed by atoms with van der Waals surface area (Å²) in [5, 5.41) is 13.9. The number of nitrogens with zero attached hydrogens (tertiary/aromatic N) is 3. The van der Waals surface area contributed by atoms with Crippen LogP contribution in [0.2, 0.25) is 0 Å². The van der Waals surface area contributed by atoms with E-state index in [2.05, 4.69) is 20.9 Å². The summed E-state index contributed by atoms with van der Waals surface area (Å²) in [7, 11) is 2.02. The second kappa shape index (κ2) is 8.81. The van der Waals surface area contributed by atoms with Gasteiger partial charge in [0.15, 0.2) is 0 Å². The molecule has 1 aliphatic rings. The second-order valence-corrected chi connectivity index (χ2v) is 7.03. The molecule has 1 unspecified atom stereocenters. The van der Waals surface area contributed by atoms with Gasteiger partial charge in [-0.05, 0) is 44.1 Å². The van der Waals surface area contributed by atoms with Gasteiger partial charge in [0.25, 0.3) is 11.6 Å². The fraction of sp³-hybridized carbons (Fsp3) is 0.450. The molecule has 144 valence electrons. The van der Waals surface area contributed by atoms with E-state index in [0.717, 1.165) is 18.8 Å². The number of benzene rings is 1. The van der Waals surface area contributed by atoms with Crippen LogP contribution in [0.5, 0.6) is 0 Å². The van der Waals surface area contributed by atoms with Crippen molar-refractivity contribution in [1.29, 1.82) is 0 Å². The Morgan fingerprint density at radius 2 is 1.93 bits per heavy atom. The first-order chi connectivity index (χ1) is 13.1. The molecule has 0 bridgehead atoms. The van der Waals surface area contributed by atoms with Crippen LogP contribution in [-0.2, 0) is 7.05 Å². The number of carbonyl (C=O) groups excluding carboxylic acids is 1. The molecular formula is C20H26N4O3. The molecule has 1 aromatic carbocycles. The standard InChI is InChI=1S/C20H26N4O3/c1-22-11-7-10-18(22)19(23-12-4-2-3-5-13-23)15-21-20(25)16-8-6-9-17(14-16)24(26)27/h6-11,14,19H,2-5,12-13,15H2,1H3,(H,21,25). The molecule has 1 amide bonds. The first-order valence-corrected chi connectivity index (χ1v) is 9.44. The number of carbonyl (C=O) groups is 1. The average Bonchev–Trinajstić information content (AvgIpc) is 2.92. The molecule has 7 nitrogen and oxygen atoms in total. The molecule has 0 radical (unpaired) electrons. The quantitative estimate of drug-likeness (QED) is 0.625. The van der Waals surface area contributed by atoms with Gasteiger partial charge < -0.3 is 9.88 Å². The summed E-state index contributed by atoms with van der Waals surface area (Å²) < 4.78 is 2.09. The Morgan fingerprint density at radius 1 is 1.19 bits per heavy atom. The van der Waals surface area contributed by atoms with Gasteiger partial charge in [-0.15, -0.1) is 0 Å². The number of nitrogens with one attached hydrogen (secondary N) is 1. The van der Waals surface area contributed by atoms with Crippen LogP contribution >= 0.6 is 0 Å². The van der Waals surface area contributed by atoms with E-state index in [0.29, 0.717) is 12.1 Å². The molecule has 1 fully saturated rings. The summed E-state index contributed by atoms with van der Waals surface area (Å²) in [5.41, 5.74) is 1.40. The highest BCUT2D eigenvalue weighted by molar-refractivity contribution is 5.94. The van der Waals surface area contributed by atoms with Gasteiger partial charge in [-0.25, -0.2) is 0 Å². The van der Waals surface area contributed by atoms with Crippen molar-refractivity contribution in [3.8, 4) is 0 Å². The molecular weight excluding hydrogens is 344 g/mol. The molecule has 2 heterocycles. The Labute approximate surface area is 159 Å². The Bertz CT molecular complexity index is 794. The highest BCUT2D eigenvalue weighted by atomic mass is 16.6. The SMILES string of the molecule is Cn1cccc1C(CNC(=O)c1cccc([N+](=O)[O-])c1)N1CCCCCC1. The molecule has 1 saturated heterocycles. The number of likely N-dealkylation sites (tertiary alicyclic amines) is 1. The first kappa shape index (κ1) is 19.1. The van der Waals surface area contributed by atoms with Gasteiger partial charge in [0.1, 0.15) is 0 Å². The van der Waals surface area contributed by atoms with Crippen LogP contribution in [0.15, 0.2) is 42.6 Å². The number of amides is 1. The van der Waals surface area contributed by atoms with Crippen LogP contribution < -0.4 is 5.32 Å². The van der Waals surface area contributed by atoms with Crippen molar-refractivity contribution < 1.29 is 9.72 Å². The summed E-state index contributed by atoms with van der Waals surface area (Å²) in [6, 6.07) is 10.0. The van der Waals surface area contributed by atoms with Crippen molar-refractivity contribution in [3.05, 3.63) is 64.0 Å². The lowest BCUT2D eigenvalue weighted by atomic mass is 10.1.